The fourth-order valence-corrected chi connectivity index (χ4v) is 5.88. The van der Waals surface area contributed by atoms with Crippen molar-refractivity contribution in [2.75, 3.05) is 29.9 Å². The third-order valence-electron chi connectivity index (χ3n) is 8.18. The molecule has 12 heteroatoms. The van der Waals surface area contributed by atoms with E-state index in [2.05, 4.69) is 27.2 Å². The summed E-state index contributed by atoms with van der Waals surface area (Å²) in [7, 11) is 0. The van der Waals surface area contributed by atoms with E-state index in [1.165, 1.54) is 0 Å². The molecule has 4 aromatic rings. The summed E-state index contributed by atoms with van der Waals surface area (Å²) in [5.74, 6) is 1.03. The van der Waals surface area contributed by atoms with Crippen LogP contribution in [0.5, 0.6) is 0 Å². The topological polar surface area (TPSA) is 163 Å². The fourth-order valence-electron chi connectivity index (χ4n) is 5.88. The zero-order valence-electron chi connectivity index (χ0n) is 22.6. The summed E-state index contributed by atoms with van der Waals surface area (Å²) < 4.78 is 3.59. The SMILES string of the molecule is CCc1cnn([C@H]2C[C@@H](n3cnc4c(N[C@H](CO)Cc5ccccc5)nc(N5CC[C@H](N)C5)nc43)[C@H](O)[C@@H]2O)c1. The molecule has 4 heterocycles. The van der Waals surface area contributed by atoms with Crippen molar-refractivity contribution >= 4 is 22.9 Å². The lowest BCUT2D eigenvalue weighted by Crippen LogP contribution is -2.31. The summed E-state index contributed by atoms with van der Waals surface area (Å²) in [6.45, 7) is 3.33. The summed E-state index contributed by atoms with van der Waals surface area (Å²) in [4.78, 5) is 16.4. The quantitative estimate of drug-likeness (QED) is 0.205. The van der Waals surface area contributed by atoms with Crippen molar-refractivity contribution in [3.05, 3.63) is 60.2 Å². The minimum absolute atomic E-state index is 0.0403. The molecule has 0 bridgehead atoms. The van der Waals surface area contributed by atoms with E-state index in [1.54, 1.807) is 17.2 Å². The van der Waals surface area contributed by atoms with Crippen LogP contribution in [0.25, 0.3) is 11.2 Å². The minimum Gasteiger partial charge on any atom is -0.394 e. The standard InChI is InChI=1S/C28H37N9O3/c1-2-17-12-31-37(13-17)22-11-21(24(39)25(22)40)36-16-30-23-26(32-20(15-38)10-18-6-4-3-5-7-18)33-28(34-27(23)36)35-9-8-19(29)14-35/h3-7,12-13,16,19-22,24-25,38-40H,2,8-11,14-15,29H2,1H3,(H,32,33,34)/t19-,20-,21+,22-,24-,25+/m0/s1. The van der Waals surface area contributed by atoms with Crippen molar-refractivity contribution in [2.45, 2.75) is 69.0 Å². The predicted octanol–water partition coefficient (Wildman–Crippen LogP) is 1.05. The van der Waals surface area contributed by atoms with Crippen LogP contribution in [0.2, 0.25) is 0 Å². The highest BCUT2D eigenvalue weighted by Gasteiger charge is 2.44. The van der Waals surface area contributed by atoms with Crippen LogP contribution in [0.3, 0.4) is 0 Å². The van der Waals surface area contributed by atoms with Crippen LogP contribution in [0, 0.1) is 0 Å². The molecule has 40 heavy (non-hydrogen) atoms. The Bertz CT molecular complexity index is 1440. The van der Waals surface area contributed by atoms with Gasteiger partial charge in [0.1, 0.15) is 12.2 Å². The first-order valence-corrected chi connectivity index (χ1v) is 14.0. The van der Waals surface area contributed by atoms with Gasteiger partial charge in [-0.05, 0) is 36.8 Å². The monoisotopic (exact) mass is 547 g/mol. The molecule has 0 amide bonds. The minimum atomic E-state index is -1.03. The third-order valence-corrected chi connectivity index (χ3v) is 8.18. The molecule has 6 atom stereocenters. The van der Waals surface area contributed by atoms with Gasteiger partial charge >= 0.3 is 0 Å². The Morgan fingerprint density at radius 1 is 1.10 bits per heavy atom. The number of nitrogens with zero attached hydrogens (tertiary/aromatic N) is 7. The number of nitrogens with one attached hydrogen (secondary N) is 1. The van der Waals surface area contributed by atoms with Crippen molar-refractivity contribution in [3.8, 4) is 0 Å². The van der Waals surface area contributed by atoms with E-state index in [0.29, 0.717) is 42.3 Å². The van der Waals surface area contributed by atoms with Crippen LogP contribution >= 0.6 is 0 Å². The molecule has 1 saturated heterocycles. The third kappa shape index (κ3) is 5.03. The molecule has 2 fully saturated rings. The Hall–Kier alpha value is -3.58. The van der Waals surface area contributed by atoms with E-state index >= 15 is 0 Å². The van der Waals surface area contributed by atoms with E-state index in [4.69, 9.17) is 15.7 Å². The number of aromatic nitrogens is 6. The number of rotatable bonds is 9. The van der Waals surface area contributed by atoms with E-state index in [9.17, 15) is 15.3 Å². The van der Waals surface area contributed by atoms with Gasteiger partial charge in [0, 0.05) is 25.3 Å². The Morgan fingerprint density at radius 3 is 2.60 bits per heavy atom. The van der Waals surface area contributed by atoms with Crippen LogP contribution in [0.1, 0.15) is 43.0 Å². The Morgan fingerprint density at radius 2 is 1.90 bits per heavy atom. The maximum atomic E-state index is 11.2. The largest absolute Gasteiger partial charge is 0.394 e. The number of imidazole rings is 1. The van der Waals surface area contributed by atoms with Gasteiger partial charge in [0.25, 0.3) is 0 Å². The van der Waals surface area contributed by atoms with Crippen molar-refractivity contribution in [3.63, 3.8) is 0 Å². The Balaban J connectivity index is 1.36. The Labute approximate surface area is 232 Å². The lowest BCUT2D eigenvalue weighted by molar-refractivity contribution is 0.00721. The van der Waals surface area contributed by atoms with Gasteiger partial charge < -0.3 is 35.8 Å². The normalized spacial score (nSPS) is 25.6. The first-order chi connectivity index (χ1) is 19.4. The van der Waals surface area contributed by atoms with E-state index in [0.717, 1.165) is 30.5 Å². The first-order valence-electron chi connectivity index (χ1n) is 14.0. The number of anilines is 2. The van der Waals surface area contributed by atoms with Crippen molar-refractivity contribution in [1.29, 1.82) is 0 Å². The number of aliphatic hydroxyl groups excluding tert-OH is 3. The number of hydrogen-bond donors (Lipinski definition) is 5. The number of hydrogen-bond acceptors (Lipinski definition) is 10. The molecule has 1 aliphatic carbocycles. The smallest absolute Gasteiger partial charge is 0.229 e. The van der Waals surface area contributed by atoms with Crippen LogP contribution < -0.4 is 16.0 Å². The predicted molar refractivity (Wildman–Crippen MR) is 151 cm³/mol. The first kappa shape index (κ1) is 26.6. The van der Waals surface area contributed by atoms with Gasteiger partial charge in [0.05, 0.1) is 37.3 Å². The molecule has 1 aliphatic heterocycles. The average molecular weight is 548 g/mol. The van der Waals surface area contributed by atoms with Gasteiger partial charge in [-0.3, -0.25) is 4.68 Å². The van der Waals surface area contributed by atoms with Gasteiger partial charge in [-0.1, -0.05) is 37.3 Å². The number of aliphatic hydroxyl groups is 3. The molecule has 2 aliphatic rings. The molecule has 0 radical (unpaired) electrons. The second kappa shape index (κ2) is 11.1. The highest BCUT2D eigenvalue weighted by atomic mass is 16.3. The van der Waals surface area contributed by atoms with Crippen LogP contribution in [-0.4, -0.2) is 88.6 Å². The number of nitrogens with two attached hydrogens (primary N) is 1. The molecule has 6 N–H and O–H groups in total. The molecule has 6 rings (SSSR count). The van der Waals surface area contributed by atoms with Crippen LogP contribution in [0.15, 0.2) is 49.1 Å². The molecule has 3 aromatic heterocycles. The van der Waals surface area contributed by atoms with E-state index in [-0.39, 0.29) is 24.7 Å². The van der Waals surface area contributed by atoms with E-state index in [1.807, 2.05) is 41.1 Å². The second-order valence-electron chi connectivity index (χ2n) is 10.9. The van der Waals surface area contributed by atoms with Crippen LogP contribution in [0.4, 0.5) is 11.8 Å². The van der Waals surface area contributed by atoms with Crippen LogP contribution in [-0.2, 0) is 12.8 Å². The number of fused-ring (bicyclic) bond motifs is 1. The molecular weight excluding hydrogens is 510 g/mol. The summed E-state index contributed by atoms with van der Waals surface area (Å²) in [6, 6.07) is 8.87. The molecule has 0 unspecified atom stereocenters. The lowest BCUT2D eigenvalue weighted by Gasteiger charge is -2.22. The van der Waals surface area contributed by atoms with Gasteiger partial charge in [-0.2, -0.15) is 15.1 Å². The Kier molecular flexibility index (Phi) is 7.41. The molecule has 1 aromatic carbocycles. The summed E-state index contributed by atoms with van der Waals surface area (Å²) in [5, 5.41) is 40.2. The summed E-state index contributed by atoms with van der Waals surface area (Å²) >= 11 is 0. The zero-order valence-corrected chi connectivity index (χ0v) is 22.6. The zero-order chi connectivity index (χ0) is 27.8. The van der Waals surface area contributed by atoms with Crippen molar-refractivity contribution in [1.82, 2.24) is 29.3 Å². The molecular formula is C28H37N9O3. The number of benzene rings is 1. The molecule has 1 saturated carbocycles. The lowest BCUT2D eigenvalue weighted by atomic mass is 10.1. The highest BCUT2D eigenvalue weighted by Crippen LogP contribution is 2.40. The molecule has 212 valence electrons. The van der Waals surface area contributed by atoms with Crippen molar-refractivity contribution in [2.24, 2.45) is 5.73 Å². The highest BCUT2D eigenvalue weighted by molar-refractivity contribution is 5.84. The van der Waals surface area contributed by atoms with Gasteiger partial charge in [-0.15, -0.1) is 0 Å². The fraction of sp³-hybridized carbons (Fsp3) is 0.500. The van der Waals surface area contributed by atoms with Gasteiger partial charge in [0.2, 0.25) is 5.95 Å². The molecule has 12 nitrogen and oxygen atoms in total. The molecule has 0 spiro atoms. The summed E-state index contributed by atoms with van der Waals surface area (Å²) in [5.41, 5.74) is 9.45. The van der Waals surface area contributed by atoms with Crippen molar-refractivity contribution < 1.29 is 15.3 Å². The van der Waals surface area contributed by atoms with Gasteiger partial charge in [0.15, 0.2) is 17.0 Å². The maximum absolute atomic E-state index is 11.2. The maximum Gasteiger partial charge on any atom is 0.229 e. The second-order valence-corrected chi connectivity index (χ2v) is 10.9. The summed E-state index contributed by atoms with van der Waals surface area (Å²) in [6.07, 6.45) is 6.10. The van der Waals surface area contributed by atoms with E-state index < -0.39 is 18.2 Å². The number of aryl methyl sites for hydroxylation is 1. The van der Waals surface area contributed by atoms with Gasteiger partial charge in [-0.25, -0.2) is 4.98 Å². The average Bonchev–Trinajstić information content (AvgIpc) is 3.76.